The first-order chi connectivity index (χ1) is 9.27. The Morgan fingerprint density at radius 1 is 1.25 bits per heavy atom. The van der Waals surface area contributed by atoms with Crippen LogP contribution in [0.15, 0.2) is 36.1 Å². The van der Waals surface area contributed by atoms with Crippen molar-refractivity contribution in [2.24, 2.45) is 0 Å². The molecule has 0 heterocycles. The highest BCUT2D eigenvalue weighted by atomic mass is 19.1. The first-order valence-electron chi connectivity index (χ1n) is 5.28. The topological polar surface area (TPSA) is 66.4 Å². The average Bonchev–Trinajstić information content (AvgIpc) is 2.33. The summed E-state index contributed by atoms with van der Waals surface area (Å²) in [6.45, 7) is 3.25. The fraction of sp³-hybridized carbons (Fsp3) is 0.0769. The highest BCUT2D eigenvalue weighted by Gasteiger charge is 2.21. The zero-order valence-electron chi connectivity index (χ0n) is 10.3. The average molecular weight is 285 g/mol. The van der Waals surface area contributed by atoms with Gasteiger partial charge in [0, 0.05) is 24.8 Å². The van der Waals surface area contributed by atoms with Crippen molar-refractivity contribution in [1.82, 2.24) is 5.32 Å². The molecule has 0 saturated heterocycles. The molecule has 0 aliphatic rings. The van der Waals surface area contributed by atoms with Crippen LogP contribution >= 0.6 is 0 Å². The van der Waals surface area contributed by atoms with E-state index in [2.05, 4.69) is 11.9 Å². The van der Waals surface area contributed by atoms with E-state index < -0.39 is 40.3 Å². The minimum atomic E-state index is -1.39. The summed E-state index contributed by atoms with van der Waals surface area (Å²) in [5.74, 6) is -6.48. The van der Waals surface area contributed by atoms with Gasteiger partial charge >= 0.3 is 5.97 Å². The third kappa shape index (κ3) is 3.25. The lowest BCUT2D eigenvalue weighted by Gasteiger charge is -2.06. The van der Waals surface area contributed by atoms with Crippen LogP contribution < -0.4 is 5.32 Å². The Hall–Kier alpha value is -2.57. The Morgan fingerprint density at radius 3 is 2.15 bits per heavy atom. The number of rotatable bonds is 5. The number of likely N-dealkylation sites (N-methyl/N-ethyl adjacent to an activating group) is 1. The minimum absolute atomic E-state index is 0.351. The molecule has 0 fully saturated rings. The van der Waals surface area contributed by atoms with Gasteiger partial charge in [0.15, 0.2) is 5.78 Å². The van der Waals surface area contributed by atoms with Crippen molar-refractivity contribution in [2.45, 2.75) is 0 Å². The van der Waals surface area contributed by atoms with E-state index in [0.29, 0.717) is 12.1 Å². The molecule has 1 aromatic carbocycles. The predicted octanol–water partition coefficient (Wildman–Crippen LogP) is 2.03. The number of Topliss-reactive ketones (excluding diaryl/α,β-unsaturated/α-hetero) is 1. The number of allylic oxidation sites excluding steroid dienone is 2. The molecule has 0 bridgehead atoms. The van der Waals surface area contributed by atoms with Crippen molar-refractivity contribution in [1.29, 1.82) is 0 Å². The number of halogens is 3. The summed E-state index contributed by atoms with van der Waals surface area (Å²) in [4.78, 5) is 22.5. The van der Waals surface area contributed by atoms with Gasteiger partial charge in [-0.15, -0.1) is 0 Å². The zero-order valence-corrected chi connectivity index (χ0v) is 10.3. The van der Waals surface area contributed by atoms with E-state index in [9.17, 15) is 22.8 Å². The fourth-order valence-corrected chi connectivity index (χ4v) is 1.40. The Balaban J connectivity index is 3.20. The second-order valence-corrected chi connectivity index (χ2v) is 3.71. The fourth-order valence-electron chi connectivity index (χ4n) is 1.40. The van der Waals surface area contributed by atoms with Gasteiger partial charge in [0.1, 0.15) is 23.1 Å². The molecule has 4 nitrogen and oxygen atoms in total. The van der Waals surface area contributed by atoms with Gasteiger partial charge in [-0.3, -0.25) is 4.79 Å². The van der Waals surface area contributed by atoms with Gasteiger partial charge in [-0.2, -0.15) is 0 Å². The van der Waals surface area contributed by atoms with Crippen molar-refractivity contribution >= 4 is 11.8 Å². The molecule has 0 unspecified atom stereocenters. The summed E-state index contributed by atoms with van der Waals surface area (Å²) >= 11 is 0. The highest BCUT2D eigenvalue weighted by molar-refractivity contribution is 6.11. The standard InChI is InChI=1S/C13H10F3NO3/c1-6(3-10(17-2)13(19)20)12(18)11-8(15)4-7(14)5-9(11)16/h3-5,17H,1H2,2H3,(H,19,20)/b10-3-. The molecule has 0 atom stereocenters. The zero-order chi connectivity index (χ0) is 15.4. The van der Waals surface area contributed by atoms with Crippen molar-refractivity contribution in [3.63, 3.8) is 0 Å². The van der Waals surface area contributed by atoms with Gasteiger partial charge < -0.3 is 10.4 Å². The molecule has 0 radical (unpaired) electrons. The van der Waals surface area contributed by atoms with Crippen LogP contribution in [0.2, 0.25) is 0 Å². The Morgan fingerprint density at radius 2 is 1.75 bits per heavy atom. The molecule has 1 aromatic rings. The van der Waals surface area contributed by atoms with Gasteiger partial charge in [0.2, 0.25) is 0 Å². The summed E-state index contributed by atoms with van der Waals surface area (Å²) < 4.78 is 39.5. The Kier molecular flexibility index (Phi) is 4.68. The molecule has 1 rings (SSSR count). The first-order valence-corrected chi connectivity index (χ1v) is 5.28. The smallest absolute Gasteiger partial charge is 0.351 e. The molecule has 106 valence electrons. The van der Waals surface area contributed by atoms with Crippen LogP contribution in [0.25, 0.3) is 0 Å². The van der Waals surface area contributed by atoms with Crippen molar-refractivity contribution in [2.75, 3.05) is 7.05 Å². The lowest BCUT2D eigenvalue weighted by atomic mass is 10.0. The maximum Gasteiger partial charge on any atom is 0.351 e. The van der Waals surface area contributed by atoms with Crippen molar-refractivity contribution in [3.8, 4) is 0 Å². The third-order valence-electron chi connectivity index (χ3n) is 2.34. The van der Waals surface area contributed by atoms with Crippen LogP contribution in [0.5, 0.6) is 0 Å². The number of carbonyl (C=O) groups excluding carboxylic acids is 1. The van der Waals surface area contributed by atoms with E-state index in [-0.39, 0.29) is 5.70 Å². The second-order valence-electron chi connectivity index (χ2n) is 3.71. The van der Waals surface area contributed by atoms with Gasteiger partial charge in [-0.25, -0.2) is 18.0 Å². The lowest BCUT2D eigenvalue weighted by Crippen LogP contribution is -2.17. The molecule has 2 N–H and O–H groups in total. The molecule has 0 aliphatic carbocycles. The molecule has 0 amide bonds. The number of carboxylic acid groups (broad SMARTS) is 1. The summed E-state index contributed by atoms with van der Waals surface area (Å²) in [5.41, 5.74) is -1.83. The summed E-state index contributed by atoms with van der Waals surface area (Å²) in [7, 11) is 1.29. The number of nitrogens with one attached hydrogen (secondary N) is 1. The quantitative estimate of drug-likeness (QED) is 0.493. The normalized spacial score (nSPS) is 11.1. The summed E-state index contributed by atoms with van der Waals surface area (Å²) in [5, 5.41) is 11.0. The van der Waals surface area contributed by atoms with E-state index in [1.54, 1.807) is 0 Å². The molecule has 0 spiro atoms. The molecule has 0 saturated carbocycles. The number of benzene rings is 1. The third-order valence-corrected chi connectivity index (χ3v) is 2.34. The van der Waals surface area contributed by atoms with Gasteiger partial charge in [0.05, 0.1) is 5.56 Å². The van der Waals surface area contributed by atoms with Crippen molar-refractivity contribution < 1.29 is 27.9 Å². The van der Waals surface area contributed by atoms with E-state index in [0.717, 1.165) is 6.08 Å². The van der Waals surface area contributed by atoms with E-state index in [1.807, 2.05) is 0 Å². The van der Waals surface area contributed by atoms with Crippen molar-refractivity contribution in [3.05, 3.63) is 59.1 Å². The SMILES string of the molecule is C=C(/C=C(\NC)C(=O)O)C(=O)c1c(F)cc(F)cc1F. The van der Waals surface area contributed by atoms with E-state index in [1.165, 1.54) is 7.05 Å². The van der Waals surface area contributed by atoms with Crippen LogP contribution in [0.4, 0.5) is 13.2 Å². The lowest BCUT2D eigenvalue weighted by molar-refractivity contribution is -0.133. The molecule has 7 heteroatoms. The van der Waals surface area contributed by atoms with Crippen LogP contribution in [-0.4, -0.2) is 23.9 Å². The number of hydrogen-bond acceptors (Lipinski definition) is 3. The van der Waals surface area contributed by atoms with Gasteiger partial charge in [-0.05, 0) is 6.08 Å². The van der Waals surface area contributed by atoms with Crippen LogP contribution in [0.1, 0.15) is 10.4 Å². The van der Waals surface area contributed by atoms with Crippen LogP contribution in [0, 0.1) is 17.5 Å². The largest absolute Gasteiger partial charge is 0.477 e. The second kappa shape index (κ2) is 6.05. The molecule has 0 aromatic heterocycles. The monoisotopic (exact) mass is 285 g/mol. The molecule has 0 aliphatic heterocycles. The Labute approximate surface area is 112 Å². The number of hydrogen-bond donors (Lipinski definition) is 2. The summed E-state index contributed by atoms with van der Waals surface area (Å²) in [6.07, 6.45) is 0.826. The predicted molar refractivity (Wildman–Crippen MR) is 64.6 cm³/mol. The Bertz CT molecular complexity index is 600. The highest BCUT2D eigenvalue weighted by Crippen LogP contribution is 2.18. The van der Waals surface area contributed by atoms with E-state index >= 15 is 0 Å². The van der Waals surface area contributed by atoms with Crippen LogP contribution in [0.3, 0.4) is 0 Å². The molecular formula is C13H10F3NO3. The molecule has 20 heavy (non-hydrogen) atoms. The minimum Gasteiger partial charge on any atom is -0.477 e. The maximum absolute atomic E-state index is 13.4. The van der Waals surface area contributed by atoms with Gasteiger partial charge in [-0.1, -0.05) is 6.58 Å². The first kappa shape index (κ1) is 15.5. The van der Waals surface area contributed by atoms with Crippen LogP contribution in [-0.2, 0) is 4.79 Å². The summed E-state index contributed by atoms with van der Waals surface area (Å²) in [6, 6.07) is 0.701. The number of ketones is 1. The number of carbonyl (C=O) groups is 2. The molecular weight excluding hydrogens is 275 g/mol. The number of aliphatic carboxylic acids is 1. The van der Waals surface area contributed by atoms with E-state index in [4.69, 9.17) is 5.11 Å². The van der Waals surface area contributed by atoms with Gasteiger partial charge in [0.25, 0.3) is 0 Å². The maximum atomic E-state index is 13.4. The number of carboxylic acids is 1.